The Balaban J connectivity index is 2.80. The van der Waals surface area contributed by atoms with Crippen molar-refractivity contribution >= 4 is 17.3 Å². The van der Waals surface area contributed by atoms with Crippen LogP contribution in [0.3, 0.4) is 0 Å². The average Bonchev–Trinajstić information content (AvgIpc) is 2.49. The van der Waals surface area contributed by atoms with Crippen LogP contribution in [0.1, 0.15) is 26.3 Å². The summed E-state index contributed by atoms with van der Waals surface area (Å²) in [5.74, 6) is -0.605. The lowest BCUT2D eigenvalue weighted by Crippen LogP contribution is -2.15. The summed E-state index contributed by atoms with van der Waals surface area (Å²) in [7, 11) is 0. The summed E-state index contributed by atoms with van der Waals surface area (Å²) in [6.45, 7) is 8.04. The highest BCUT2D eigenvalue weighted by atomic mass is 19.4. The third-order valence-electron chi connectivity index (χ3n) is 3.45. The largest absolute Gasteiger partial charge is 0.416 e. The molecule has 0 bridgehead atoms. The van der Waals surface area contributed by atoms with E-state index in [1.165, 1.54) is 26.0 Å². The van der Waals surface area contributed by atoms with Gasteiger partial charge in [0.1, 0.15) is 0 Å². The van der Waals surface area contributed by atoms with Crippen LogP contribution in [0.5, 0.6) is 0 Å². The van der Waals surface area contributed by atoms with Gasteiger partial charge in [0.05, 0.1) is 5.56 Å². The van der Waals surface area contributed by atoms with Gasteiger partial charge in [-0.1, -0.05) is 12.6 Å². The van der Waals surface area contributed by atoms with Crippen LogP contribution in [-0.4, -0.2) is 18.1 Å². The molecule has 23 heavy (non-hydrogen) atoms. The van der Waals surface area contributed by atoms with Gasteiger partial charge in [0.2, 0.25) is 0 Å². The second-order valence-corrected chi connectivity index (χ2v) is 5.17. The second-order valence-electron chi connectivity index (χ2n) is 5.17. The Bertz CT molecular complexity index is 673. The summed E-state index contributed by atoms with van der Waals surface area (Å²) in [6.07, 6.45) is -4.43. The van der Waals surface area contributed by atoms with Gasteiger partial charge in [-0.3, -0.25) is 9.59 Å². The number of hydrogen-bond acceptors (Lipinski definition) is 3. The summed E-state index contributed by atoms with van der Waals surface area (Å²) in [5, 5.41) is 2.73. The Morgan fingerprint density at radius 1 is 1.13 bits per heavy atom. The molecule has 124 valence electrons. The zero-order chi connectivity index (χ0) is 17.8. The van der Waals surface area contributed by atoms with Crippen molar-refractivity contribution in [2.75, 3.05) is 11.9 Å². The number of Topliss-reactive ketones (excluding diaryl/α,β-unsaturated/α-hetero) is 2. The van der Waals surface area contributed by atoms with Gasteiger partial charge in [-0.2, -0.15) is 13.2 Å². The average molecular weight is 325 g/mol. The van der Waals surface area contributed by atoms with E-state index in [1.807, 2.05) is 0 Å². The first-order valence-corrected chi connectivity index (χ1v) is 6.86. The molecule has 0 saturated heterocycles. The molecule has 0 aromatic heterocycles. The van der Waals surface area contributed by atoms with Crippen LogP contribution in [0.2, 0.25) is 0 Å². The van der Waals surface area contributed by atoms with Crippen LogP contribution < -0.4 is 5.32 Å². The van der Waals surface area contributed by atoms with Crippen LogP contribution in [-0.2, 0) is 15.8 Å². The quantitative estimate of drug-likeness (QED) is 0.799. The zero-order valence-electron chi connectivity index (χ0n) is 13.2. The first kappa shape index (κ1) is 18.7. The van der Waals surface area contributed by atoms with Crippen LogP contribution in [0.25, 0.3) is 0 Å². The molecule has 0 spiro atoms. The number of nitrogens with one attached hydrogen (secondary N) is 1. The molecule has 0 fully saturated rings. The van der Waals surface area contributed by atoms with E-state index in [4.69, 9.17) is 0 Å². The Kier molecular flexibility index (Phi) is 5.90. The molecule has 0 aliphatic carbocycles. The number of hydrogen-bond donors (Lipinski definition) is 1. The van der Waals surface area contributed by atoms with Gasteiger partial charge in [0.25, 0.3) is 0 Å². The highest BCUT2D eigenvalue weighted by Crippen LogP contribution is 2.30. The van der Waals surface area contributed by atoms with Crippen LogP contribution >= 0.6 is 0 Å². The van der Waals surface area contributed by atoms with Crippen molar-refractivity contribution in [3.8, 4) is 0 Å². The summed E-state index contributed by atoms with van der Waals surface area (Å²) >= 11 is 0. The van der Waals surface area contributed by atoms with E-state index in [0.29, 0.717) is 5.57 Å². The fourth-order valence-electron chi connectivity index (χ4n) is 1.79. The first-order valence-electron chi connectivity index (χ1n) is 6.86. The highest BCUT2D eigenvalue weighted by Gasteiger charge is 2.30. The van der Waals surface area contributed by atoms with Crippen molar-refractivity contribution in [3.63, 3.8) is 0 Å². The number of carbonyl (C=O) groups is 2. The van der Waals surface area contributed by atoms with Crippen LogP contribution in [0.4, 0.5) is 18.9 Å². The smallest absolute Gasteiger partial charge is 0.381 e. The minimum atomic E-state index is -4.43. The van der Waals surface area contributed by atoms with Gasteiger partial charge in [0.15, 0.2) is 11.6 Å². The number of alkyl halides is 3. The summed E-state index contributed by atoms with van der Waals surface area (Å²) in [6, 6.07) is 4.67. The number of ketones is 2. The molecule has 0 heterocycles. The molecular formula is C17H18F3NO2. The van der Waals surface area contributed by atoms with Gasteiger partial charge in [-0.15, -0.1) is 0 Å². The Morgan fingerprint density at radius 2 is 1.74 bits per heavy atom. The lowest BCUT2D eigenvalue weighted by atomic mass is 9.99. The molecule has 1 N–H and O–H groups in total. The van der Waals surface area contributed by atoms with E-state index in [1.54, 1.807) is 6.92 Å². The predicted molar refractivity (Wildman–Crippen MR) is 83.1 cm³/mol. The van der Waals surface area contributed by atoms with E-state index in [9.17, 15) is 22.8 Å². The van der Waals surface area contributed by atoms with Crippen LogP contribution in [0, 0.1) is 0 Å². The molecule has 1 aromatic rings. The molecule has 0 radical (unpaired) electrons. The Hall–Kier alpha value is -2.37. The monoisotopic (exact) mass is 325 g/mol. The van der Waals surface area contributed by atoms with Gasteiger partial charge in [0, 0.05) is 23.4 Å². The number of anilines is 1. The number of halogens is 3. The molecule has 0 aliphatic heterocycles. The summed E-state index contributed by atoms with van der Waals surface area (Å²) in [4.78, 5) is 23.4. The maximum Gasteiger partial charge on any atom is 0.416 e. The fourth-order valence-corrected chi connectivity index (χ4v) is 1.79. The van der Waals surface area contributed by atoms with Gasteiger partial charge >= 0.3 is 6.18 Å². The number of rotatable bonds is 6. The van der Waals surface area contributed by atoms with E-state index in [-0.39, 0.29) is 29.2 Å². The molecule has 3 nitrogen and oxygen atoms in total. The van der Waals surface area contributed by atoms with E-state index in [0.717, 1.165) is 12.1 Å². The van der Waals surface area contributed by atoms with Crippen molar-refractivity contribution in [3.05, 3.63) is 53.1 Å². The molecule has 6 heteroatoms. The molecule has 0 atom stereocenters. The van der Waals surface area contributed by atoms with Gasteiger partial charge in [-0.05, 0) is 44.5 Å². The SMILES string of the molecule is C=C(CNc1cccc(C(F)(F)F)c1)C(=O)/C(C)=C(/C)C(C)=O. The molecule has 1 aromatic carbocycles. The van der Waals surface area contributed by atoms with Crippen molar-refractivity contribution in [1.82, 2.24) is 0 Å². The maximum absolute atomic E-state index is 12.6. The topological polar surface area (TPSA) is 46.2 Å². The van der Waals surface area contributed by atoms with Gasteiger partial charge in [-0.25, -0.2) is 0 Å². The van der Waals surface area contributed by atoms with E-state index < -0.39 is 17.5 Å². The Labute approximate surface area is 132 Å². The molecule has 0 unspecified atom stereocenters. The Morgan fingerprint density at radius 3 is 2.26 bits per heavy atom. The van der Waals surface area contributed by atoms with Crippen LogP contribution in [0.15, 0.2) is 47.6 Å². The third-order valence-corrected chi connectivity index (χ3v) is 3.45. The van der Waals surface area contributed by atoms with Crippen molar-refractivity contribution in [2.45, 2.75) is 26.9 Å². The molecule has 0 amide bonds. The van der Waals surface area contributed by atoms with Crippen molar-refractivity contribution in [2.24, 2.45) is 0 Å². The summed E-state index contributed by atoms with van der Waals surface area (Å²) < 4.78 is 37.9. The minimum Gasteiger partial charge on any atom is -0.381 e. The molecule has 0 saturated carbocycles. The normalized spacial score (nSPS) is 12.4. The maximum atomic E-state index is 12.6. The van der Waals surface area contributed by atoms with Gasteiger partial charge < -0.3 is 5.32 Å². The number of carbonyl (C=O) groups excluding carboxylic acids is 2. The first-order chi connectivity index (χ1) is 10.5. The lowest BCUT2D eigenvalue weighted by Gasteiger charge is -2.12. The number of benzene rings is 1. The standard InChI is InChI=1S/C17H18F3NO2/c1-10(16(23)12(3)11(2)13(4)22)9-21-15-7-5-6-14(8-15)17(18,19)20/h5-8,21H,1,9H2,2-4H3/b12-11-. The molecule has 0 aliphatic rings. The minimum absolute atomic E-state index is 0.0112. The predicted octanol–water partition coefficient (Wildman–Crippen LogP) is 4.17. The van der Waals surface area contributed by atoms with Crippen molar-refractivity contribution < 1.29 is 22.8 Å². The van der Waals surface area contributed by atoms with E-state index >= 15 is 0 Å². The van der Waals surface area contributed by atoms with Crippen molar-refractivity contribution in [1.29, 1.82) is 0 Å². The summed E-state index contributed by atoms with van der Waals surface area (Å²) in [5.41, 5.74) is 0.255. The lowest BCUT2D eigenvalue weighted by molar-refractivity contribution is -0.137. The molecular weight excluding hydrogens is 307 g/mol. The molecule has 1 rings (SSSR count). The third kappa shape index (κ3) is 5.09. The second kappa shape index (κ2) is 7.26. The number of allylic oxidation sites excluding steroid dienone is 2. The van der Waals surface area contributed by atoms with E-state index in [2.05, 4.69) is 11.9 Å². The fraction of sp³-hybridized carbons (Fsp3) is 0.294. The highest BCUT2D eigenvalue weighted by molar-refractivity contribution is 6.12. The zero-order valence-corrected chi connectivity index (χ0v) is 13.2.